The summed E-state index contributed by atoms with van der Waals surface area (Å²) in [4.78, 5) is 11.5. The van der Waals surface area contributed by atoms with Crippen molar-refractivity contribution in [2.24, 2.45) is 0 Å². The number of ether oxygens (including phenoxy) is 2. The molecule has 2 aromatic carbocycles. The molecule has 0 bridgehead atoms. The maximum Gasteiger partial charge on any atom is 0.225 e. The van der Waals surface area contributed by atoms with Gasteiger partial charge in [0.1, 0.15) is 22.8 Å². The highest BCUT2D eigenvalue weighted by molar-refractivity contribution is 9.10. The van der Waals surface area contributed by atoms with Crippen molar-refractivity contribution in [2.75, 3.05) is 31.0 Å². The van der Waals surface area contributed by atoms with E-state index in [0.29, 0.717) is 46.3 Å². The van der Waals surface area contributed by atoms with Crippen LogP contribution in [0, 0.1) is 5.82 Å². The summed E-state index contributed by atoms with van der Waals surface area (Å²) in [6.07, 6.45) is 3.29. The lowest BCUT2D eigenvalue weighted by Gasteiger charge is -2.35. The Morgan fingerprint density at radius 2 is 2.03 bits per heavy atom. The summed E-state index contributed by atoms with van der Waals surface area (Å²) in [6, 6.07) is 7.62. The van der Waals surface area contributed by atoms with Crippen molar-refractivity contribution in [3.63, 3.8) is 0 Å². The highest BCUT2D eigenvalue weighted by Gasteiger charge is 2.25. The van der Waals surface area contributed by atoms with Gasteiger partial charge in [0, 0.05) is 36.1 Å². The Morgan fingerprint density at radius 3 is 2.75 bits per heavy atom. The van der Waals surface area contributed by atoms with Gasteiger partial charge < -0.3 is 19.7 Å². The van der Waals surface area contributed by atoms with E-state index >= 15 is 4.39 Å². The molecule has 3 aromatic rings. The van der Waals surface area contributed by atoms with Gasteiger partial charge in [-0.05, 0) is 60.3 Å². The molecule has 1 fully saturated rings. The summed E-state index contributed by atoms with van der Waals surface area (Å²) in [6.45, 7) is 3.43. The molecule has 6 nitrogen and oxygen atoms in total. The molecule has 1 aliphatic rings. The number of aromatic nitrogens is 2. The van der Waals surface area contributed by atoms with E-state index in [1.165, 1.54) is 6.42 Å². The first-order chi connectivity index (χ1) is 15.4. The van der Waals surface area contributed by atoms with Crippen LogP contribution in [0.25, 0.3) is 10.9 Å². The normalized spacial score (nSPS) is 16.3. The van der Waals surface area contributed by atoms with Crippen molar-refractivity contribution >= 4 is 50.2 Å². The topological polar surface area (TPSA) is 59.5 Å². The Balaban J connectivity index is 1.75. The van der Waals surface area contributed by atoms with Gasteiger partial charge in [-0.3, -0.25) is 0 Å². The average molecular weight is 524 g/mol. The standard InChI is InChI=1S/C23H25BrClFN4O2/c1-13-6-4-5-9-30(13)22-16-11-17(25)19(24)20(26)21(16)28-23(29-22)27-12-14-7-8-15(31-2)10-18(14)32-3/h7-8,10-11,13H,4-6,9,12H2,1-3H3,(H,27,28,29)/t13-/m0/s1. The van der Waals surface area contributed by atoms with E-state index < -0.39 is 5.82 Å². The van der Waals surface area contributed by atoms with Crippen molar-refractivity contribution < 1.29 is 13.9 Å². The number of fused-ring (bicyclic) bond motifs is 1. The highest BCUT2D eigenvalue weighted by Crippen LogP contribution is 2.37. The number of hydrogen-bond donors (Lipinski definition) is 1. The molecule has 170 valence electrons. The lowest BCUT2D eigenvalue weighted by Crippen LogP contribution is -2.38. The molecule has 0 radical (unpaired) electrons. The van der Waals surface area contributed by atoms with Crippen LogP contribution in [-0.4, -0.2) is 36.8 Å². The number of anilines is 2. The molecule has 1 aliphatic heterocycles. The Morgan fingerprint density at radius 1 is 1.22 bits per heavy atom. The van der Waals surface area contributed by atoms with Crippen LogP contribution in [0.2, 0.25) is 5.02 Å². The molecule has 2 heterocycles. The van der Waals surface area contributed by atoms with Crippen molar-refractivity contribution in [3.8, 4) is 11.5 Å². The van der Waals surface area contributed by atoms with Crippen LogP contribution in [0.1, 0.15) is 31.7 Å². The molecule has 1 atom stereocenters. The summed E-state index contributed by atoms with van der Waals surface area (Å²) < 4.78 is 26.1. The largest absolute Gasteiger partial charge is 0.497 e. The van der Waals surface area contributed by atoms with E-state index in [-0.39, 0.29) is 9.99 Å². The predicted molar refractivity (Wildman–Crippen MR) is 130 cm³/mol. The summed E-state index contributed by atoms with van der Waals surface area (Å²) in [5.74, 6) is 1.93. The van der Waals surface area contributed by atoms with Gasteiger partial charge in [0.25, 0.3) is 0 Å². The number of rotatable bonds is 6. The SMILES string of the molecule is COc1ccc(CNc2nc(N3CCCC[C@@H]3C)c3cc(Cl)c(Br)c(F)c3n2)c(OC)c1. The molecule has 0 aliphatic carbocycles. The van der Waals surface area contributed by atoms with E-state index in [2.05, 4.69) is 38.1 Å². The molecule has 1 N–H and O–H groups in total. The van der Waals surface area contributed by atoms with Crippen molar-refractivity contribution in [3.05, 3.63) is 45.1 Å². The minimum atomic E-state index is -0.495. The number of methoxy groups -OCH3 is 2. The lowest BCUT2D eigenvalue weighted by molar-refractivity contribution is 0.391. The second kappa shape index (κ2) is 9.67. The molecule has 0 spiro atoms. The third-order valence-electron chi connectivity index (χ3n) is 5.81. The number of piperidine rings is 1. The maximum absolute atomic E-state index is 15.1. The fraction of sp³-hybridized carbons (Fsp3) is 0.391. The van der Waals surface area contributed by atoms with E-state index in [1.54, 1.807) is 20.3 Å². The maximum atomic E-state index is 15.1. The molecule has 4 rings (SSSR count). The quantitative estimate of drug-likeness (QED) is 0.389. The second-order valence-electron chi connectivity index (χ2n) is 7.82. The Hall–Kier alpha value is -2.32. The lowest BCUT2D eigenvalue weighted by atomic mass is 10.0. The zero-order valence-corrected chi connectivity index (χ0v) is 20.6. The third kappa shape index (κ3) is 4.43. The van der Waals surface area contributed by atoms with Crippen molar-refractivity contribution in [1.82, 2.24) is 9.97 Å². The first kappa shape index (κ1) is 22.9. The Bertz CT molecular complexity index is 1150. The molecule has 0 unspecified atom stereocenters. The molecule has 0 saturated carbocycles. The molecule has 0 amide bonds. The van der Waals surface area contributed by atoms with E-state index in [4.69, 9.17) is 26.1 Å². The fourth-order valence-corrected chi connectivity index (χ4v) is 4.53. The zero-order chi connectivity index (χ0) is 22.8. The smallest absolute Gasteiger partial charge is 0.225 e. The molecule has 9 heteroatoms. The van der Waals surface area contributed by atoms with Crippen LogP contribution in [-0.2, 0) is 6.54 Å². The second-order valence-corrected chi connectivity index (χ2v) is 9.02. The van der Waals surface area contributed by atoms with Gasteiger partial charge in [-0.15, -0.1) is 0 Å². The molecule has 32 heavy (non-hydrogen) atoms. The highest BCUT2D eigenvalue weighted by atomic mass is 79.9. The molecular formula is C23H25BrClFN4O2. The summed E-state index contributed by atoms with van der Waals surface area (Å²) in [7, 11) is 3.22. The summed E-state index contributed by atoms with van der Waals surface area (Å²) in [5.41, 5.74) is 1.14. The van der Waals surface area contributed by atoms with Gasteiger partial charge in [-0.1, -0.05) is 11.6 Å². The van der Waals surface area contributed by atoms with Crippen LogP contribution < -0.4 is 19.7 Å². The van der Waals surface area contributed by atoms with Gasteiger partial charge in [0.05, 0.1) is 23.7 Å². The predicted octanol–water partition coefficient (Wildman–Crippen LogP) is 6.19. The number of nitrogens with one attached hydrogen (secondary N) is 1. The van der Waals surface area contributed by atoms with E-state index in [0.717, 1.165) is 24.9 Å². The Kier molecular flexibility index (Phi) is 6.90. The van der Waals surface area contributed by atoms with Gasteiger partial charge in [0.2, 0.25) is 5.95 Å². The summed E-state index contributed by atoms with van der Waals surface area (Å²) in [5, 5.41) is 4.14. The van der Waals surface area contributed by atoms with Crippen LogP contribution in [0.3, 0.4) is 0 Å². The van der Waals surface area contributed by atoms with E-state index in [9.17, 15) is 0 Å². The number of benzene rings is 2. The summed E-state index contributed by atoms with van der Waals surface area (Å²) >= 11 is 9.51. The van der Waals surface area contributed by atoms with Crippen LogP contribution in [0.15, 0.2) is 28.7 Å². The van der Waals surface area contributed by atoms with Crippen LogP contribution in [0.4, 0.5) is 16.2 Å². The number of nitrogens with zero attached hydrogens (tertiary/aromatic N) is 3. The zero-order valence-electron chi connectivity index (χ0n) is 18.2. The van der Waals surface area contributed by atoms with Crippen molar-refractivity contribution in [2.45, 2.75) is 38.8 Å². The van der Waals surface area contributed by atoms with Gasteiger partial charge in [0.15, 0.2) is 5.82 Å². The van der Waals surface area contributed by atoms with Crippen molar-refractivity contribution in [1.29, 1.82) is 0 Å². The molecular weight excluding hydrogens is 499 g/mol. The van der Waals surface area contributed by atoms with Gasteiger partial charge >= 0.3 is 0 Å². The van der Waals surface area contributed by atoms with E-state index in [1.807, 2.05) is 18.2 Å². The van der Waals surface area contributed by atoms with Gasteiger partial charge in [-0.25, -0.2) is 9.37 Å². The molecule has 1 saturated heterocycles. The van der Waals surface area contributed by atoms with Gasteiger partial charge in [-0.2, -0.15) is 4.98 Å². The minimum Gasteiger partial charge on any atom is -0.497 e. The first-order valence-electron chi connectivity index (χ1n) is 10.5. The fourth-order valence-electron chi connectivity index (χ4n) is 4.04. The molecule has 1 aromatic heterocycles. The van der Waals surface area contributed by atoms with Crippen LogP contribution >= 0.6 is 27.5 Å². The monoisotopic (exact) mass is 522 g/mol. The average Bonchev–Trinajstić information content (AvgIpc) is 2.81. The first-order valence-corrected chi connectivity index (χ1v) is 11.7. The Labute approximate surface area is 200 Å². The number of halogens is 3. The minimum absolute atomic E-state index is 0.200. The third-order valence-corrected chi connectivity index (χ3v) is 7.11. The van der Waals surface area contributed by atoms with Crippen LogP contribution in [0.5, 0.6) is 11.5 Å². The number of hydrogen-bond acceptors (Lipinski definition) is 6.